The van der Waals surface area contributed by atoms with E-state index in [9.17, 15) is 14.9 Å². The van der Waals surface area contributed by atoms with Crippen LogP contribution < -0.4 is 0 Å². The molecule has 1 unspecified atom stereocenters. The highest BCUT2D eigenvalue weighted by molar-refractivity contribution is 5.82. The molecule has 2 saturated heterocycles. The molecule has 2 aliphatic rings. The Labute approximate surface area is 147 Å². The molecule has 2 aliphatic heterocycles. The lowest BCUT2D eigenvalue weighted by Gasteiger charge is -2.39. The Morgan fingerprint density at radius 2 is 2.04 bits per heavy atom. The summed E-state index contributed by atoms with van der Waals surface area (Å²) in [5, 5.41) is 11.2. The van der Waals surface area contributed by atoms with Gasteiger partial charge in [-0.25, -0.2) is 0 Å². The first kappa shape index (κ1) is 17.8. The number of nitro benzene ring substituents is 1. The molecule has 3 rings (SSSR count). The third-order valence-electron chi connectivity index (χ3n) is 5.21. The molecule has 7 nitrogen and oxygen atoms in total. The number of hydrogen-bond acceptors (Lipinski definition) is 5. The van der Waals surface area contributed by atoms with Crippen molar-refractivity contribution in [1.82, 2.24) is 9.80 Å². The van der Waals surface area contributed by atoms with E-state index in [2.05, 4.69) is 4.90 Å². The fourth-order valence-electron chi connectivity index (χ4n) is 3.71. The lowest BCUT2D eigenvalue weighted by Crippen LogP contribution is -2.53. The second-order valence-electron chi connectivity index (χ2n) is 6.74. The third-order valence-corrected chi connectivity index (χ3v) is 5.21. The average Bonchev–Trinajstić information content (AvgIpc) is 2.64. The number of amides is 1. The first-order chi connectivity index (χ1) is 12.1. The van der Waals surface area contributed by atoms with Crippen LogP contribution in [0.5, 0.6) is 0 Å². The Kier molecular flexibility index (Phi) is 5.65. The topological polar surface area (TPSA) is 75.9 Å². The molecule has 1 aromatic rings. The molecule has 1 atom stereocenters. The number of hydrogen-bond donors (Lipinski definition) is 0. The first-order valence-corrected chi connectivity index (χ1v) is 8.91. The van der Waals surface area contributed by atoms with Crippen molar-refractivity contribution >= 4 is 11.6 Å². The highest BCUT2D eigenvalue weighted by Gasteiger charge is 2.33. The molecule has 0 bridgehead atoms. The molecule has 0 saturated carbocycles. The SMILES string of the molecule is Cc1c(CN2CCCCC2C(=O)N2CCOCC2)cccc1[N+](=O)[O-]. The number of carbonyl (C=O) groups excluding carboxylic acids is 1. The van der Waals surface area contributed by atoms with Crippen LogP contribution in [0.1, 0.15) is 30.4 Å². The number of nitrogens with zero attached hydrogens (tertiary/aromatic N) is 3. The summed E-state index contributed by atoms with van der Waals surface area (Å²) in [5.74, 6) is 0.172. The largest absolute Gasteiger partial charge is 0.378 e. The van der Waals surface area contributed by atoms with Crippen molar-refractivity contribution in [2.24, 2.45) is 0 Å². The fraction of sp³-hybridized carbons (Fsp3) is 0.611. The average molecular weight is 347 g/mol. The lowest BCUT2D eigenvalue weighted by molar-refractivity contribution is -0.385. The molecule has 0 N–H and O–H groups in total. The number of piperidine rings is 1. The summed E-state index contributed by atoms with van der Waals surface area (Å²) in [7, 11) is 0. The van der Waals surface area contributed by atoms with Gasteiger partial charge in [-0.15, -0.1) is 0 Å². The summed E-state index contributed by atoms with van der Waals surface area (Å²) >= 11 is 0. The quantitative estimate of drug-likeness (QED) is 0.616. The zero-order chi connectivity index (χ0) is 17.8. The number of ether oxygens (including phenoxy) is 1. The maximum absolute atomic E-state index is 12.9. The van der Waals surface area contributed by atoms with Gasteiger partial charge >= 0.3 is 0 Å². The lowest BCUT2D eigenvalue weighted by atomic mass is 9.98. The van der Waals surface area contributed by atoms with Crippen molar-refractivity contribution in [3.05, 3.63) is 39.4 Å². The number of rotatable bonds is 4. The van der Waals surface area contributed by atoms with Crippen LogP contribution in [-0.2, 0) is 16.1 Å². The minimum absolute atomic E-state index is 0.134. The van der Waals surface area contributed by atoms with Crippen LogP contribution in [0, 0.1) is 17.0 Å². The Morgan fingerprint density at radius 1 is 1.28 bits per heavy atom. The van der Waals surface area contributed by atoms with Crippen molar-refractivity contribution in [1.29, 1.82) is 0 Å². The predicted molar refractivity (Wildman–Crippen MR) is 93.3 cm³/mol. The third kappa shape index (κ3) is 3.99. The molecule has 0 aromatic heterocycles. The molecule has 0 radical (unpaired) electrons. The van der Waals surface area contributed by atoms with E-state index in [-0.39, 0.29) is 22.6 Å². The molecule has 7 heteroatoms. The molecule has 25 heavy (non-hydrogen) atoms. The zero-order valence-electron chi connectivity index (χ0n) is 14.6. The van der Waals surface area contributed by atoms with E-state index in [0.29, 0.717) is 38.4 Å². The van der Waals surface area contributed by atoms with E-state index in [0.717, 1.165) is 31.4 Å². The van der Waals surface area contributed by atoms with Crippen LogP contribution in [0.4, 0.5) is 5.69 Å². The van der Waals surface area contributed by atoms with Gasteiger partial charge in [0.25, 0.3) is 5.69 Å². The van der Waals surface area contributed by atoms with E-state index < -0.39 is 0 Å². The smallest absolute Gasteiger partial charge is 0.272 e. The molecule has 2 heterocycles. The number of benzene rings is 1. The van der Waals surface area contributed by atoms with Gasteiger partial charge in [0.15, 0.2) is 0 Å². The second kappa shape index (κ2) is 7.93. The van der Waals surface area contributed by atoms with Crippen LogP contribution in [0.2, 0.25) is 0 Å². The Balaban J connectivity index is 1.76. The minimum Gasteiger partial charge on any atom is -0.378 e. The van der Waals surface area contributed by atoms with Crippen LogP contribution in [0.15, 0.2) is 18.2 Å². The van der Waals surface area contributed by atoms with E-state index in [4.69, 9.17) is 4.74 Å². The van der Waals surface area contributed by atoms with Gasteiger partial charge in [-0.2, -0.15) is 0 Å². The number of morpholine rings is 1. The highest BCUT2D eigenvalue weighted by Crippen LogP contribution is 2.26. The zero-order valence-corrected chi connectivity index (χ0v) is 14.6. The highest BCUT2D eigenvalue weighted by atomic mass is 16.6. The second-order valence-corrected chi connectivity index (χ2v) is 6.74. The van der Waals surface area contributed by atoms with Crippen LogP contribution >= 0.6 is 0 Å². The molecule has 1 amide bonds. The van der Waals surface area contributed by atoms with Crippen molar-refractivity contribution < 1.29 is 14.5 Å². The predicted octanol–water partition coefficient (Wildman–Crippen LogP) is 2.12. The maximum Gasteiger partial charge on any atom is 0.272 e. The number of likely N-dealkylation sites (tertiary alicyclic amines) is 1. The van der Waals surface area contributed by atoms with Gasteiger partial charge < -0.3 is 9.64 Å². The van der Waals surface area contributed by atoms with Crippen LogP contribution in [0.3, 0.4) is 0 Å². The van der Waals surface area contributed by atoms with Crippen LogP contribution in [0.25, 0.3) is 0 Å². The summed E-state index contributed by atoms with van der Waals surface area (Å²) in [5.41, 5.74) is 1.76. The fourth-order valence-corrected chi connectivity index (χ4v) is 3.71. The summed E-state index contributed by atoms with van der Waals surface area (Å²) in [6.07, 6.45) is 2.95. The van der Waals surface area contributed by atoms with Gasteiger partial charge in [-0.3, -0.25) is 19.8 Å². The van der Waals surface area contributed by atoms with Crippen molar-refractivity contribution in [3.8, 4) is 0 Å². The van der Waals surface area contributed by atoms with E-state index in [1.54, 1.807) is 13.0 Å². The standard InChI is InChI=1S/C18H25N3O4/c1-14-15(5-4-7-16(14)21(23)24)13-20-8-3-2-6-17(20)18(22)19-9-11-25-12-10-19/h4-5,7,17H,2-3,6,8-13H2,1H3. The molecular formula is C18H25N3O4. The molecular weight excluding hydrogens is 322 g/mol. The van der Waals surface area contributed by atoms with Crippen molar-refractivity contribution in [2.75, 3.05) is 32.8 Å². The van der Waals surface area contributed by atoms with Crippen molar-refractivity contribution in [3.63, 3.8) is 0 Å². The summed E-state index contributed by atoms with van der Waals surface area (Å²) < 4.78 is 5.34. The Bertz CT molecular complexity index is 643. The van der Waals surface area contributed by atoms with Crippen LogP contribution in [-0.4, -0.2) is 59.5 Å². The van der Waals surface area contributed by atoms with Gasteiger partial charge in [0.1, 0.15) is 0 Å². The molecule has 136 valence electrons. The number of carbonyl (C=O) groups is 1. The molecule has 1 aromatic carbocycles. The summed E-state index contributed by atoms with van der Waals surface area (Å²) in [6.45, 7) is 5.72. The summed E-state index contributed by atoms with van der Waals surface area (Å²) in [4.78, 5) is 27.8. The van der Waals surface area contributed by atoms with E-state index in [1.165, 1.54) is 6.07 Å². The van der Waals surface area contributed by atoms with E-state index in [1.807, 2.05) is 11.0 Å². The minimum atomic E-state index is -0.342. The van der Waals surface area contributed by atoms with Gasteiger partial charge in [0.2, 0.25) is 5.91 Å². The van der Waals surface area contributed by atoms with Gasteiger partial charge in [0, 0.05) is 31.3 Å². The first-order valence-electron chi connectivity index (χ1n) is 8.91. The summed E-state index contributed by atoms with van der Waals surface area (Å²) in [6, 6.07) is 5.05. The van der Waals surface area contributed by atoms with Gasteiger partial charge in [0.05, 0.1) is 24.2 Å². The molecule has 2 fully saturated rings. The number of nitro groups is 1. The Morgan fingerprint density at radius 3 is 2.76 bits per heavy atom. The molecule has 0 spiro atoms. The van der Waals surface area contributed by atoms with Gasteiger partial charge in [-0.1, -0.05) is 18.6 Å². The van der Waals surface area contributed by atoms with Gasteiger partial charge in [-0.05, 0) is 31.9 Å². The normalized spacial score (nSPS) is 22.0. The van der Waals surface area contributed by atoms with Crippen molar-refractivity contribution in [2.45, 2.75) is 38.8 Å². The maximum atomic E-state index is 12.9. The molecule has 0 aliphatic carbocycles. The van der Waals surface area contributed by atoms with E-state index >= 15 is 0 Å². The Hall–Kier alpha value is -1.99. The monoisotopic (exact) mass is 347 g/mol.